The topological polar surface area (TPSA) is 116 Å². The van der Waals surface area contributed by atoms with Gasteiger partial charge in [-0.05, 0) is 42.0 Å². The number of aromatic amines is 2. The predicted molar refractivity (Wildman–Crippen MR) is 117 cm³/mol. The van der Waals surface area contributed by atoms with Crippen LogP contribution >= 0.6 is 0 Å². The number of hydrogen-bond donors (Lipinski definition) is 2. The highest BCUT2D eigenvalue weighted by Gasteiger charge is 2.46. The van der Waals surface area contributed by atoms with Crippen molar-refractivity contribution >= 4 is 11.6 Å². The minimum Gasteiger partial charge on any atom is -0.326 e. The summed E-state index contributed by atoms with van der Waals surface area (Å²) in [6.45, 7) is -1.08. The second-order valence-corrected chi connectivity index (χ2v) is 8.75. The molecule has 3 aromatic heterocycles. The largest absolute Gasteiger partial charge is 0.326 e. The number of amides is 1. The summed E-state index contributed by atoms with van der Waals surface area (Å²) < 4.78 is 27.7. The molecule has 0 unspecified atom stereocenters. The number of aromatic nitrogens is 5. The van der Waals surface area contributed by atoms with Crippen molar-refractivity contribution in [2.24, 2.45) is 0 Å². The van der Waals surface area contributed by atoms with E-state index in [-0.39, 0.29) is 17.4 Å². The molecule has 0 spiro atoms. The molecule has 1 saturated carbocycles. The Hall–Kier alpha value is -4.15. The van der Waals surface area contributed by atoms with E-state index in [0.29, 0.717) is 16.9 Å². The van der Waals surface area contributed by atoms with Crippen molar-refractivity contribution < 1.29 is 13.6 Å². The van der Waals surface area contributed by atoms with Crippen LogP contribution in [0, 0.1) is 0 Å². The summed E-state index contributed by atoms with van der Waals surface area (Å²) in [6.07, 6.45) is 5.51. The number of hydrogen-bond acceptors (Lipinski definition) is 5. The zero-order chi connectivity index (χ0) is 23.6. The van der Waals surface area contributed by atoms with Gasteiger partial charge in [-0.25, -0.2) is 23.1 Å². The quantitative estimate of drug-likeness (QED) is 0.480. The van der Waals surface area contributed by atoms with Crippen LogP contribution in [0.3, 0.4) is 0 Å². The normalized spacial score (nSPS) is 20.8. The van der Waals surface area contributed by atoms with Crippen molar-refractivity contribution in [1.82, 2.24) is 29.5 Å². The Balaban J connectivity index is 1.27. The Kier molecular flexibility index (Phi) is 4.32. The number of likely N-dealkylation sites (tertiary alicyclic amines) is 1. The maximum atomic E-state index is 13.1. The lowest BCUT2D eigenvalue weighted by atomic mass is 10.0. The molecule has 2 N–H and O–H groups in total. The van der Waals surface area contributed by atoms with E-state index in [2.05, 4.69) is 20.1 Å². The van der Waals surface area contributed by atoms with Gasteiger partial charge in [0.05, 0.1) is 24.3 Å². The molecule has 9 nitrogen and oxygen atoms in total. The molecule has 1 amide bonds. The van der Waals surface area contributed by atoms with Gasteiger partial charge in [0.15, 0.2) is 5.65 Å². The smallest absolute Gasteiger partial charge is 0.325 e. The standard InChI is InChI=1S/C23H18F2N6O3/c24-23(25)10-30(11-23)21(33)13-3-1-12(2-4-13)14-7-15(14)16-8-18(29-31-6-5-26-19(16)31)17-9-27-22(34)28-20(17)32/h1-6,8-9,14-15H,7,10-11H2,(H2,27,28,32,34)/t14-,15+/m1/s1. The van der Waals surface area contributed by atoms with E-state index in [4.69, 9.17) is 0 Å². The molecule has 1 aliphatic carbocycles. The van der Waals surface area contributed by atoms with Gasteiger partial charge in [0.2, 0.25) is 0 Å². The Bertz CT molecular complexity index is 1550. The number of nitrogens with zero attached hydrogens (tertiary/aromatic N) is 4. The average molecular weight is 464 g/mol. The zero-order valence-corrected chi connectivity index (χ0v) is 17.7. The van der Waals surface area contributed by atoms with Crippen LogP contribution in [-0.2, 0) is 0 Å². The van der Waals surface area contributed by atoms with Gasteiger partial charge in [-0.3, -0.25) is 14.6 Å². The molecule has 11 heteroatoms. The maximum Gasteiger partial charge on any atom is 0.325 e. The van der Waals surface area contributed by atoms with Crippen LogP contribution in [0.5, 0.6) is 0 Å². The molecule has 0 bridgehead atoms. The average Bonchev–Trinajstić information content (AvgIpc) is 3.44. The number of alkyl halides is 2. The third-order valence-electron chi connectivity index (χ3n) is 6.39. The Morgan fingerprint density at radius 1 is 1.12 bits per heavy atom. The third kappa shape index (κ3) is 3.40. The van der Waals surface area contributed by atoms with Gasteiger partial charge in [-0.15, -0.1) is 0 Å². The third-order valence-corrected chi connectivity index (χ3v) is 6.39. The van der Waals surface area contributed by atoms with Gasteiger partial charge < -0.3 is 9.88 Å². The highest BCUT2D eigenvalue weighted by atomic mass is 19.3. The van der Waals surface area contributed by atoms with Gasteiger partial charge in [0.1, 0.15) is 0 Å². The number of fused-ring (bicyclic) bond motifs is 1. The fraction of sp³-hybridized carbons (Fsp3) is 0.261. The van der Waals surface area contributed by atoms with Gasteiger partial charge in [-0.2, -0.15) is 5.10 Å². The Morgan fingerprint density at radius 2 is 1.88 bits per heavy atom. The van der Waals surface area contributed by atoms with Gasteiger partial charge in [0, 0.05) is 29.7 Å². The molecule has 4 heterocycles. The molecule has 4 aromatic rings. The summed E-state index contributed by atoms with van der Waals surface area (Å²) in [7, 11) is 0. The maximum absolute atomic E-state index is 13.1. The summed E-state index contributed by atoms with van der Waals surface area (Å²) in [6, 6.07) is 8.87. The van der Waals surface area contributed by atoms with Crippen LogP contribution in [0.2, 0.25) is 0 Å². The number of rotatable bonds is 4. The molecule has 2 fully saturated rings. The number of nitrogens with one attached hydrogen (secondary N) is 2. The molecule has 1 aliphatic heterocycles. The van der Waals surface area contributed by atoms with Crippen LogP contribution in [-0.4, -0.2) is 54.4 Å². The molecule has 1 saturated heterocycles. The highest BCUT2D eigenvalue weighted by molar-refractivity contribution is 5.95. The minimum atomic E-state index is -2.79. The van der Waals surface area contributed by atoms with Crippen LogP contribution in [0.15, 0.2) is 58.5 Å². The lowest BCUT2D eigenvalue weighted by Crippen LogP contribution is -2.58. The van der Waals surface area contributed by atoms with Crippen molar-refractivity contribution in [2.45, 2.75) is 24.2 Å². The van der Waals surface area contributed by atoms with Gasteiger partial charge >= 0.3 is 5.69 Å². The van der Waals surface area contributed by atoms with Crippen LogP contribution in [0.4, 0.5) is 8.78 Å². The van der Waals surface area contributed by atoms with E-state index in [9.17, 15) is 23.2 Å². The Morgan fingerprint density at radius 3 is 2.59 bits per heavy atom. The van der Waals surface area contributed by atoms with Crippen molar-refractivity contribution in [3.63, 3.8) is 0 Å². The molecule has 1 aromatic carbocycles. The highest BCUT2D eigenvalue weighted by Crippen LogP contribution is 2.55. The predicted octanol–water partition coefficient (Wildman–Crippen LogP) is 2.14. The van der Waals surface area contributed by atoms with Crippen LogP contribution in [0.1, 0.15) is 39.7 Å². The van der Waals surface area contributed by atoms with Gasteiger partial charge in [0.25, 0.3) is 17.4 Å². The summed E-state index contributed by atoms with van der Waals surface area (Å²) in [4.78, 5) is 46.2. The minimum absolute atomic E-state index is 0.129. The number of carbonyl (C=O) groups is 1. The van der Waals surface area contributed by atoms with E-state index >= 15 is 0 Å². The van der Waals surface area contributed by atoms with E-state index in [1.54, 1.807) is 29.0 Å². The fourth-order valence-electron chi connectivity index (χ4n) is 4.56. The zero-order valence-electron chi connectivity index (χ0n) is 17.7. The second kappa shape index (κ2) is 7.17. The Labute approximate surface area is 190 Å². The first kappa shape index (κ1) is 20.5. The van der Waals surface area contributed by atoms with E-state index in [0.717, 1.165) is 22.4 Å². The van der Waals surface area contributed by atoms with Crippen LogP contribution < -0.4 is 11.2 Å². The first-order chi connectivity index (χ1) is 16.3. The number of H-pyrrole nitrogens is 2. The fourth-order valence-corrected chi connectivity index (χ4v) is 4.56. The number of carbonyl (C=O) groups excluding carboxylic acids is 1. The molecule has 2 atom stereocenters. The first-order valence-corrected chi connectivity index (χ1v) is 10.7. The van der Waals surface area contributed by atoms with Crippen molar-refractivity contribution in [3.05, 3.63) is 86.5 Å². The van der Waals surface area contributed by atoms with Gasteiger partial charge in [-0.1, -0.05) is 12.1 Å². The number of halogens is 2. The van der Waals surface area contributed by atoms with E-state index in [1.807, 2.05) is 18.2 Å². The van der Waals surface area contributed by atoms with E-state index in [1.165, 1.54) is 6.20 Å². The second-order valence-electron chi connectivity index (χ2n) is 8.75. The lowest BCUT2D eigenvalue weighted by molar-refractivity contribution is -0.113. The SMILES string of the molecule is O=C(c1ccc([C@H]2C[C@@H]2c2cc(-c3c[nH]c(=O)[nH]c3=O)nn3ccnc23)cc1)N1CC(F)(F)C1. The summed E-state index contributed by atoms with van der Waals surface area (Å²) in [5.74, 6) is -2.88. The molecule has 172 valence electrons. The van der Waals surface area contributed by atoms with Crippen molar-refractivity contribution in [3.8, 4) is 11.3 Å². The van der Waals surface area contributed by atoms with Crippen molar-refractivity contribution in [1.29, 1.82) is 0 Å². The van der Waals surface area contributed by atoms with E-state index < -0.39 is 36.2 Å². The number of imidazole rings is 1. The monoisotopic (exact) mass is 464 g/mol. The number of benzene rings is 1. The lowest BCUT2D eigenvalue weighted by Gasteiger charge is -2.38. The summed E-state index contributed by atoms with van der Waals surface area (Å²) in [5, 5.41) is 4.45. The molecular formula is C23H18F2N6O3. The summed E-state index contributed by atoms with van der Waals surface area (Å²) in [5.41, 5.74) is 2.55. The first-order valence-electron chi connectivity index (χ1n) is 10.7. The molecular weight excluding hydrogens is 446 g/mol. The van der Waals surface area contributed by atoms with Crippen molar-refractivity contribution in [2.75, 3.05) is 13.1 Å². The molecule has 2 aliphatic rings. The van der Waals surface area contributed by atoms with Crippen LogP contribution in [0.25, 0.3) is 16.9 Å². The molecule has 0 radical (unpaired) electrons. The molecule has 6 rings (SSSR count). The molecule has 34 heavy (non-hydrogen) atoms. The summed E-state index contributed by atoms with van der Waals surface area (Å²) >= 11 is 0.